The average Bonchev–Trinajstić information content (AvgIpc) is 3.28. The molecule has 1 aromatic heterocycles. The normalized spacial score (nSPS) is 17.4. The van der Waals surface area contributed by atoms with Gasteiger partial charge in [-0.1, -0.05) is 30.3 Å². The van der Waals surface area contributed by atoms with E-state index in [1.54, 1.807) is 6.07 Å². The molecule has 0 radical (unpaired) electrons. The zero-order valence-corrected chi connectivity index (χ0v) is 13.8. The van der Waals surface area contributed by atoms with Crippen molar-refractivity contribution in [3.8, 4) is 0 Å². The maximum absolute atomic E-state index is 12.4. The highest BCUT2D eigenvalue weighted by atomic mass is 16.5. The van der Waals surface area contributed by atoms with Gasteiger partial charge in [-0.25, -0.2) is 0 Å². The van der Waals surface area contributed by atoms with Crippen LogP contribution < -0.4 is 5.73 Å². The van der Waals surface area contributed by atoms with Crippen LogP contribution in [0, 0.1) is 0 Å². The van der Waals surface area contributed by atoms with Gasteiger partial charge in [-0.15, -0.1) is 0 Å². The van der Waals surface area contributed by atoms with Gasteiger partial charge in [0.15, 0.2) is 0 Å². The monoisotopic (exact) mass is 328 g/mol. The van der Waals surface area contributed by atoms with Crippen LogP contribution in [-0.2, 0) is 17.7 Å². The van der Waals surface area contributed by atoms with Crippen molar-refractivity contribution in [3.05, 3.63) is 59.5 Å². The number of nitrogens with zero attached hydrogens (tertiary/aromatic N) is 1. The second kappa shape index (κ2) is 8.13. The van der Waals surface area contributed by atoms with Crippen molar-refractivity contribution in [1.82, 2.24) is 4.90 Å². The molecule has 0 bridgehead atoms. The molecule has 1 atom stereocenters. The molecule has 1 aromatic carbocycles. The molecule has 1 saturated heterocycles. The van der Waals surface area contributed by atoms with E-state index in [9.17, 15) is 4.79 Å². The van der Waals surface area contributed by atoms with E-state index < -0.39 is 0 Å². The van der Waals surface area contributed by atoms with E-state index in [0.29, 0.717) is 24.4 Å². The van der Waals surface area contributed by atoms with Crippen molar-refractivity contribution in [1.29, 1.82) is 0 Å². The Hall–Kier alpha value is -2.11. The number of likely N-dealkylation sites (tertiary alicyclic amines) is 1. The van der Waals surface area contributed by atoms with E-state index in [0.717, 1.165) is 32.4 Å². The first-order valence-electron chi connectivity index (χ1n) is 8.48. The minimum atomic E-state index is -0.00571. The fourth-order valence-corrected chi connectivity index (χ4v) is 3.00. The van der Waals surface area contributed by atoms with Gasteiger partial charge in [0.25, 0.3) is 5.91 Å². The van der Waals surface area contributed by atoms with Crippen LogP contribution in [-0.4, -0.2) is 36.6 Å². The van der Waals surface area contributed by atoms with Gasteiger partial charge in [-0.2, -0.15) is 0 Å². The first-order valence-corrected chi connectivity index (χ1v) is 8.48. The molecule has 5 nitrogen and oxygen atoms in total. The highest BCUT2D eigenvalue weighted by Gasteiger charge is 2.28. The van der Waals surface area contributed by atoms with Gasteiger partial charge in [0.05, 0.1) is 18.2 Å². The summed E-state index contributed by atoms with van der Waals surface area (Å²) in [5.41, 5.74) is 7.41. The Morgan fingerprint density at radius 3 is 2.92 bits per heavy atom. The number of furan rings is 1. The molecule has 24 heavy (non-hydrogen) atoms. The van der Waals surface area contributed by atoms with Crippen LogP contribution in [0.2, 0.25) is 0 Å². The fraction of sp³-hybridized carbons (Fsp3) is 0.421. The Bertz CT molecular complexity index is 654. The van der Waals surface area contributed by atoms with Gasteiger partial charge in [0, 0.05) is 19.7 Å². The lowest BCUT2D eigenvalue weighted by atomic mass is 10.1. The Morgan fingerprint density at radius 2 is 2.17 bits per heavy atom. The van der Waals surface area contributed by atoms with Crippen molar-refractivity contribution in [2.75, 3.05) is 19.7 Å². The second-order valence-electron chi connectivity index (χ2n) is 6.13. The van der Waals surface area contributed by atoms with Crippen molar-refractivity contribution in [2.45, 2.75) is 31.9 Å². The summed E-state index contributed by atoms with van der Waals surface area (Å²) in [4.78, 5) is 14.2. The van der Waals surface area contributed by atoms with E-state index in [1.165, 1.54) is 11.8 Å². The smallest absolute Gasteiger partial charge is 0.257 e. The molecule has 0 saturated carbocycles. The van der Waals surface area contributed by atoms with Crippen LogP contribution in [0.5, 0.6) is 0 Å². The third kappa shape index (κ3) is 4.24. The third-order valence-electron chi connectivity index (χ3n) is 4.34. The molecule has 1 unspecified atom stereocenters. The maximum Gasteiger partial charge on any atom is 0.257 e. The van der Waals surface area contributed by atoms with Gasteiger partial charge in [0.1, 0.15) is 12.0 Å². The molecule has 0 aliphatic carbocycles. The summed E-state index contributed by atoms with van der Waals surface area (Å²) in [5, 5.41) is 0. The summed E-state index contributed by atoms with van der Waals surface area (Å²) in [6.07, 6.45) is 4.52. The molecule has 2 aromatic rings. The average molecular weight is 328 g/mol. The van der Waals surface area contributed by atoms with E-state index in [1.807, 2.05) is 11.0 Å². The number of carbonyl (C=O) groups excluding carboxylic acids is 1. The Morgan fingerprint density at radius 1 is 1.33 bits per heavy atom. The molecular formula is C19H24N2O3. The summed E-state index contributed by atoms with van der Waals surface area (Å²) < 4.78 is 11.2. The number of hydrogen-bond acceptors (Lipinski definition) is 4. The molecule has 1 aliphatic heterocycles. The zero-order valence-electron chi connectivity index (χ0n) is 13.8. The summed E-state index contributed by atoms with van der Waals surface area (Å²) >= 11 is 0. The van der Waals surface area contributed by atoms with Crippen molar-refractivity contribution < 1.29 is 13.9 Å². The SMILES string of the molecule is NCc1cc(C(=O)N2CCC(OCCCc3ccccc3)C2)co1. The molecular weight excluding hydrogens is 304 g/mol. The topological polar surface area (TPSA) is 68.7 Å². The molecule has 128 valence electrons. The van der Waals surface area contributed by atoms with Crippen LogP contribution in [0.15, 0.2) is 47.1 Å². The quantitative estimate of drug-likeness (QED) is 0.793. The molecule has 1 fully saturated rings. The number of aryl methyl sites for hydroxylation is 1. The van der Waals surface area contributed by atoms with E-state index in [4.69, 9.17) is 14.9 Å². The van der Waals surface area contributed by atoms with Crippen molar-refractivity contribution in [3.63, 3.8) is 0 Å². The molecule has 1 amide bonds. The third-order valence-corrected chi connectivity index (χ3v) is 4.34. The Balaban J connectivity index is 1.39. The highest BCUT2D eigenvalue weighted by Crippen LogP contribution is 2.18. The minimum absolute atomic E-state index is 0.00571. The van der Waals surface area contributed by atoms with E-state index in [2.05, 4.69) is 24.3 Å². The number of rotatable bonds is 7. The van der Waals surface area contributed by atoms with Crippen LogP contribution in [0.25, 0.3) is 0 Å². The van der Waals surface area contributed by atoms with Crippen LogP contribution >= 0.6 is 0 Å². The number of hydrogen-bond donors (Lipinski definition) is 1. The van der Waals surface area contributed by atoms with Crippen LogP contribution in [0.4, 0.5) is 0 Å². The number of amides is 1. The number of benzene rings is 1. The number of ether oxygens (including phenoxy) is 1. The number of carbonyl (C=O) groups is 1. The van der Waals surface area contributed by atoms with Gasteiger partial charge in [-0.3, -0.25) is 4.79 Å². The summed E-state index contributed by atoms with van der Waals surface area (Å²) in [5.74, 6) is 0.625. The highest BCUT2D eigenvalue weighted by molar-refractivity contribution is 5.94. The lowest BCUT2D eigenvalue weighted by Crippen LogP contribution is -2.30. The second-order valence-corrected chi connectivity index (χ2v) is 6.13. The Kier molecular flexibility index (Phi) is 5.67. The predicted molar refractivity (Wildman–Crippen MR) is 91.6 cm³/mol. The fourth-order valence-electron chi connectivity index (χ4n) is 3.00. The molecule has 1 aliphatic rings. The van der Waals surface area contributed by atoms with Gasteiger partial charge < -0.3 is 19.8 Å². The largest absolute Gasteiger partial charge is 0.467 e. The summed E-state index contributed by atoms with van der Waals surface area (Å²) in [7, 11) is 0. The molecule has 5 heteroatoms. The van der Waals surface area contributed by atoms with Gasteiger partial charge in [0.2, 0.25) is 0 Å². The van der Waals surface area contributed by atoms with Gasteiger partial charge in [-0.05, 0) is 30.9 Å². The maximum atomic E-state index is 12.4. The summed E-state index contributed by atoms with van der Waals surface area (Å²) in [6, 6.07) is 12.1. The summed E-state index contributed by atoms with van der Waals surface area (Å²) in [6.45, 7) is 2.41. The minimum Gasteiger partial charge on any atom is -0.467 e. The molecule has 2 heterocycles. The van der Waals surface area contributed by atoms with Crippen molar-refractivity contribution in [2.24, 2.45) is 5.73 Å². The first kappa shape index (κ1) is 16.7. The predicted octanol–water partition coefficient (Wildman–Crippen LogP) is 2.60. The first-order chi connectivity index (χ1) is 11.8. The lowest BCUT2D eigenvalue weighted by Gasteiger charge is -2.16. The van der Waals surface area contributed by atoms with E-state index in [-0.39, 0.29) is 12.0 Å². The van der Waals surface area contributed by atoms with Crippen LogP contribution in [0.3, 0.4) is 0 Å². The zero-order chi connectivity index (χ0) is 16.8. The molecule has 2 N–H and O–H groups in total. The Labute approximate surface area is 142 Å². The van der Waals surface area contributed by atoms with Crippen molar-refractivity contribution >= 4 is 5.91 Å². The van der Waals surface area contributed by atoms with Crippen LogP contribution in [0.1, 0.15) is 34.5 Å². The van der Waals surface area contributed by atoms with Gasteiger partial charge >= 0.3 is 0 Å². The number of nitrogens with two attached hydrogens (primary N) is 1. The van der Waals surface area contributed by atoms with E-state index >= 15 is 0 Å². The molecule has 3 rings (SSSR count). The molecule has 0 spiro atoms. The lowest BCUT2D eigenvalue weighted by molar-refractivity contribution is 0.0524. The standard InChI is InChI=1S/C19H24N2O3/c20-12-18-11-16(14-24-18)19(22)21-9-8-17(13-21)23-10-4-7-15-5-2-1-3-6-15/h1-3,5-6,11,14,17H,4,7-10,12-13,20H2.